The third kappa shape index (κ3) is 2.14. The topological polar surface area (TPSA) is 29.9 Å². The Morgan fingerprint density at radius 3 is 2.81 bits per heavy atom. The van der Waals surface area contributed by atoms with Crippen LogP contribution in [0.15, 0.2) is 6.20 Å². The number of aryl methyl sites for hydroxylation is 1. The fourth-order valence-electron chi connectivity index (χ4n) is 2.33. The summed E-state index contributed by atoms with van der Waals surface area (Å²) in [5.41, 5.74) is 2.97. The van der Waals surface area contributed by atoms with Crippen molar-refractivity contribution in [1.29, 1.82) is 0 Å². The van der Waals surface area contributed by atoms with Crippen LogP contribution in [-0.2, 0) is 13.1 Å². The molecule has 2 fully saturated rings. The zero-order valence-electron chi connectivity index (χ0n) is 10.1. The van der Waals surface area contributed by atoms with Gasteiger partial charge in [-0.15, -0.1) is 0 Å². The molecule has 16 heavy (non-hydrogen) atoms. The van der Waals surface area contributed by atoms with E-state index in [0.29, 0.717) is 0 Å². The van der Waals surface area contributed by atoms with Gasteiger partial charge in [-0.3, -0.25) is 4.68 Å². The molecule has 0 saturated heterocycles. The second kappa shape index (κ2) is 4.21. The summed E-state index contributed by atoms with van der Waals surface area (Å²) in [6.07, 6.45) is 8.72. The van der Waals surface area contributed by atoms with Gasteiger partial charge in [-0.2, -0.15) is 5.10 Å². The number of hydrogen-bond acceptors (Lipinski definition) is 2. The van der Waals surface area contributed by atoms with Crippen molar-refractivity contribution in [3.8, 4) is 0 Å². The summed E-state index contributed by atoms with van der Waals surface area (Å²) < 4.78 is 2.24. The fourth-order valence-corrected chi connectivity index (χ4v) is 2.33. The summed E-state index contributed by atoms with van der Waals surface area (Å²) in [6, 6.07) is 0.793. The molecule has 0 bridgehead atoms. The van der Waals surface area contributed by atoms with Crippen molar-refractivity contribution >= 4 is 0 Å². The van der Waals surface area contributed by atoms with Crippen LogP contribution in [0.3, 0.4) is 0 Å². The van der Waals surface area contributed by atoms with Crippen molar-refractivity contribution in [2.45, 2.75) is 64.1 Å². The molecule has 1 heterocycles. The van der Waals surface area contributed by atoms with Crippen LogP contribution in [0.4, 0.5) is 0 Å². The predicted octanol–water partition coefficient (Wildman–Crippen LogP) is 2.42. The van der Waals surface area contributed by atoms with Gasteiger partial charge in [-0.25, -0.2) is 0 Å². The predicted molar refractivity (Wildman–Crippen MR) is 64.4 cm³/mol. The summed E-state index contributed by atoms with van der Waals surface area (Å²) in [7, 11) is 0. The normalized spacial score (nSPS) is 20.3. The maximum atomic E-state index is 4.54. The van der Waals surface area contributed by atoms with Gasteiger partial charge in [0.15, 0.2) is 0 Å². The Morgan fingerprint density at radius 2 is 2.19 bits per heavy atom. The highest BCUT2D eigenvalue weighted by atomic mass is 15.3. The van der Waals surface area contributed by atoms with Gasteiger partial charge in [0.2, 0.25) is 0 Å². The summed E-state index contributed by atoms with van der Waals surface area (Å²) in [4.78, 5) is 0. The highest BCUT2D eigenvalue weighted by molar-refractivity contribution is 5.25. The van der Waals surface area contributed by atoms with Gasteiger partial charge in [-0.05, 0) is 32.1 Å². The lowest BCUT2D eigenvalue weighted by atomic mass is 10.1. The Kier molecular flexibility index (Phi) is 2.72. The number of hydrogen-bond donors (Lipinski definition) is 1. The Balaban J connectivity index is 1.73. The highest BCUT2D eigenvalue weighted by Crippen LogP contribution is 2.41. The van der Waals surface area contributed by atoms with Gasteiger partial charge in [0.05, 0.1) is 6.20 Å². The molecule has 0 aliphatic heterocycles. The summed E-state index contributed by atoms with van der Waals surface area (Å²) in [5, 5.41) is 8.14. The molecule has 3 heteroatoms. The van der Waals surface area contributed by atoms with Crippen LogP contribution in [0, 0.1) is 0 Å². The molecule has 0 amide bonds. The third-order valence-corrected chi connectivity index (χ3v) is 3.52. The second-order valence-electron chi connectivity index (χ2n) is 5.21. The number of rotatable bonds is 6. The molecule has 3 nitrogen and oxygen atoms in total. The lowest BCUT2D eigenvalue weighted by Gasteiger charge is -2.08. The van der Waals surface area contributed by atoms with Crippen LogP contribution in [0.5, 0.6) is 0 Å². The molecular weight excluding hydrogens is 198 g/mol. The smallest absolute Gasteiger partial charge is 0.0537 e. The molecule has 0 atom stereocenters. The van der Waals surface area contributed by atoms with E-state index in [-0.39, 0.29) is 0 Å². The van der Waals surface area contributed by atoms with E-state index in [1.165, 1.54) is 43.4 Å². The molecule has 0 radical (unpaired) electrons. The van der Waals surface area contributed by atoms with Crippen LogP contribution in [0.25, 0.3) is 0 Å². The largest absolute Gasteiger partial charge is 0.310 e. The molecule has 3 rings (SSSR count). The lowest BCUT2D eigenvalue weighted by molar-refractivity contribution is 0.571. The summed E-state index contributed by atoms with van der Waals surface area (Å²) in [5.74, 6) is 0.810. The van der Waals surface area contributed by atoms with Crippen molar-refractivity contribution in [2.75, 3.05) is 0 Å². The summed E-state index contributed by atoms with van der Waals surface area (Å²) in [6.45, 7) is 4.33. The molecule has 1 aromatic heterocycles. The number of nitrogens with one attached hydrogen (secondary N) is 1. The highest BCUT2D eigenvalue weighted by Gasteiger charge is 2.30. The first kappa shape index (κ1) is 10.3. The molecular formula is C13H21N3. The molecule has 2 aliphatic carbocycles. The van der Waals surface area contributed by atoms with Gasteiger partial charge < -0.3 is 5.32 Å². The Bertz CT molecular complexity index is 361. The van der Waals surface area contributed by atoms with Crippen molar-refractivity contribution in [3.63, 3.8) is 0 Å². The van der Waals surface area contributed by atoms with Crippen molar-refractivity contribution in [1.82, 2.24) is 15.1 Å². The molecule has 2 aliphatic rings. The minimum atomic E-state index is 0.793. The van der Waals surface area contributed by atoms with Crippen LogP contribution in [0.1, 0.15) is 56.2 Å². The third-order valence-electron chi connectivity index (χ3n) is 3.52. The fraction of sp³-hybridized carbons (Fsp3) is 0.769. The Hall–Kier alpha value is -0.830. The van der Waals surface area contributed by atoms with Crippen molar-refractivity contribution in [2.24, 2.45) is 0 Å². The molecule has 0 aromatic carbocycles. The Morgan fingerprint density at radius 1 is 1.38 bits per heavy atom. The standard InChI is InChI=1S/C13H21N3/c1-2-7-16-13(10-3-4-10)11(9-15-16)8-14-12-5-6-12/h9-10,12,14H,2-8H2,1H3. The number of nitrogens with zero attached hydrogens (tertiary/aromatic N) is 2. The van der Waals surface area contributed by atoms with Gasteiger partial charge >= 0.3 is 0 Å². The van der Waals surface area contributed by atoms with E-state index >= 15 is 0 Å². The van der Waals surface area contributed by atoms with Gasteiger partial charge in [0, 0.05) is 36.3 Å². The van der Waals surface area contributed by atoms with Crippen molar-refractivity contribution in [3.05, 3.63) is 17.5 Å². The maximum absolute atomic E-state index is 4.54. The van der Waals surface area contributed by atoms with E-state index in [4.69, 9.17) is 0 Å². The SMILES string of the molecule is CCCn1ncc(CNC2CC2)c1C1CC1. The van der Waals surface area contributed by atoms with E-state index in [2.05, 4.69) is 28.2 Å². The Labute approximate surface area is 97.2 Å². The molecule has 2 saturated carbocycles. The minimum absolute atomic E-state index is 0.793. The average Bonchev–Trinajstić information content (AvgIpc) is 3.18. The first-order valence-electron chi connectivity index (χ1n) is 6.66. The first-order valence-corrected chi connectivity index (χ1v) is 6.66. The average molecular weight is 219 g/mol. The molecule has 0 unspecified atom stereocenters. The van der Waals surface area contributed by atoms with E-state index in [1.54, 1.807) is 0 Å². The zero-order valence-corrected chi connectivity index (χ0v) is 10.1. The first-order chi connectivity index (χ1) is 7.88. The van der Waals surface area contributed by atoms with Crippen LogP contribution in [-0.4, -0.2) is 15.8 Å². The zero-order chi connectivity index (χ0) is 11.0. The van der Waals surface area contributed by atoms with E-state index < -0.39 is 0 Å². The van der Waals surface area contributed by atoms with Crippen LogP contribution < -0.4 is 5.32 Å². The molecule has 1 N–H and O–H groups in total. The second-order valence-corrected chi connectivity index (χ2v) is 5.21. The van der Waals surface area contributed by atoms with Crippen LogP contribution >= 0.6 is 0 Å². The quantitative estimate of drug-likeness (QED) is 0.796. The van der Waals surface area contributed by atoms with Gasteiger partial charge in [0.25, 0.3) is 0 Å². The molecule has 1 aromatic rings. The lowest BCUT2D eigenvalue weighted by Crippen LogP contribution is -2.16. The van der Waals surface area contributed by atoms with E-state index in [9.17, 15) is 0 Å². The van der Waals surface area contributed by atoms with Gasteiger partial charge in [0.1, 0.15) is 0 Å². The minimum Gasteiger partial charge on any atom is -0.310 e. The van der Waals surface area contributed by atoms with Gasteiger partial charge in [-0.1, -0.05) is 6.92 Å². The van der Waals surface area contributed by atoms with Crippen molar-refractivity contribution < 1.29 is 0 Å². The van der Waals surface area contributed by atoms with E-state index in [0.717, 1.165) is 25.0 Å². The van der Waals surface area contributed by atoms with Crippen LogP contribution in [0.2, 0.25) is 0 Å². The summed E-state index contributed by atoms with van der Waals surface area (Å²) >= 11 is 0. The number of aromatic nitrogens is 2. The molecule has 88 valence electrons. The maximum Gasteiger partial charge on any atom is 0.0537 e. The van der Waals surface area contributed by atoms with E-state index in [1.807, 2.05) is 0 Å². The monoisotopic (exact) mass is 219 g/mol. The molecule has 0 spiro atoms.